The third-order valence-electron chi connectivity index (χ3n) is 9.11. The summed E-state index contributed by atoms with van der Waals surface area (Å²) in [5.74, 6) is 0. The SMILES string of the molecule is CN1C=CN(c2[c-]c(C3(c4ccccc4)c4[c-]c(N5C=CN(C)[CH-]5)ccc4-n4c5ccccc5c5cccc3c54)ccc2)[CH-]1.[Pt+4]. The number of aromatic nitrogens is 1. The molecule has 5 aromatic carbocycles. The van der Waals surface area contributed by atoms with Crippen molar-refractivity contribution in [3.63, 3.8) is 0 Å². The average Bonchev–Trinajstić information content (AvgIpc) is 3.80. The quantitative estimate of drug-likeness (QED) is 0.171. The fourth-order valence-corrected chi connectivity index (χ4v) is 7.24. The summed E-state index contributed by atoms with van der Waals surface area (Å²) >= 11 is 0. The van der Waals surface area contributed by atoms with E-state index in [-0.39, 0.29) is 21.1 Å². The maximum absolute atomic E-state index is 3.98. The van der Waals surface area contributed by atoms with E-state index in [4.69, 9.17) is 0 Å². The second-order valence-electron chi connectivity index (χ2n) is 11.7. The Morgan fingerprint density at radius 3 is 2.00 bits per heavy atom. The van der Waals surface area contributed by atoms with Gasteiger partial charge in [0.25, 0.3) is 0 Å². The Kier molecular flexibility index (Phi) is 6.44. The normalized spacial score (nSPS) is 18.3. The van der Waals surface area contributed by atoms with Gasteiger partial charge in [0.1, 0.15) is 0 Å². The molecule has 6 heteroatoms. The molecule has 0 amide bonds. The number of nitrogens with zero attached hydrogens (tertiary/aromatic N) is 5. The Balaban J connectivity index is 0.00000300. The smallest absolute Gasteiger partial charge is 0.510 e. The van der Waals surface area contributed by atoms with Crippen molar-refractivity contribution in [3.8, 4) is 5.69 Å². The van der Waals surface area contributed by atoms with Crippen LogP contribution in [0.3, 0.4) is 0 Å². The van der Waals surface area contributed by atoms with Gasteiger partial charge in [-0.25, -0.2) is 0 Å². The van der Waals surface area contributed by atoms with Crippen molar-refractivity contribution < 1.29 is 21.1 Å². The molecule has 0 radical (unpaired) electrons. The number of benzene rings is 5. The van der Waals surface area contributed by atoms with Crippen molar-refractivity contribution in [3.05, 3.63) is 176 Å². The van der Waals surface area contributed by atoms with Crippen LogP contribution in [0.2, 0.25) is 0 Å². The molecule has 1 aromatic heterocycles. The van der Waals surface area contributed by atoms with E-state index in [1.807, 2.05) is 14.1 Å². The van der Waals surface area contributed by atoms with E-state index in [0.717, 1.165) is 28.2 Å². The Morgan fingerprint density at radius 2 is 1.27 bits per heavy atom. The zero-order chi connectivity index (χ0) is 29.4. The Labute approximate surface area is 278 Å². The van der Waals surface area contributed by atoms with Gasteiger partial charge >= 0.3 is 21.1 Å². The topological polar surface area (TPSA) is 17.9 Å². The monoisotopic (exact) mass is 762 g/mol. The van der Waals surface area contributed by atoms with Crippen molar-refractivity contribution in [2.24, 2.45) is 0 Å². The maximum atomic E-state index is 3.98. The van der Waals surface area contributed by atoms with Crippen LogP contribution >= 0.6 is 0 Å². The second kappa shape index (κ2) is 10.4. The molecule has 6 aromatic rings. The first kappa shape index (κ1) is 27.8. The van der Waals surface area contributed by atoms with Gasteiger partial charge in [-0.1, -0.05) is 72.4 Å². The molecule has 0 spiro atoms. The van der Waals surface area contributed by atoms with Crippen LogP contribution in [0.25, 0.3) is 27.5 Å². The van der Waals surface area contributed by atoms with Crippen LogP contribution in [0, 0.1) is 25.5 Å². The first-order valence-corrected chi connectivity index (χ1v) is 14.9. The molecule has 45 heavy (non-hydrogen) atoms. The minimum atomic E-state index is -0.683. The van der Waals surface area contributed by atoms with Crippen LogP contribution in [0.5, 0.6) is 0 Å². The van der Waals surface area contributed by atoms with Crippen LogP contribution < -0.4 is 9.80 Å². The number of fused-ring (bicyclic) bond motifs is 5. The van der Waals surface area contributed by atoms with E-state index >= 15 is 0 Å². The third kappa shape index (κ3) is 3.97. The minimum absolute atomic E-state index is 0. The molecule has 3 aliphatic rings. The number of para-hydroxylation sites is 2. The molecule has 5 nitrogen and oxygen atoms in total. The van der Waals surface area contributed by atoms with Crippen molar-refractivity contribution in [1.82, 2.24) is 14.4 Å². The molecule has 0 saturated heterocycles. The molecular weight excluding hydrogens is 734 g/mol. The summed E-state index contributed by atoms with van der Waals surface area (Å²) in [6.45, 7) is 4.16. The zero-order valence-corrected chi connectivity index (χ0v) is 27.1. The average molecular weight is 763 g/mol. The van der Waals surface area contributed by atoms with Gasteiger partial charge in [0.2, 0.25) is 0 Å². The molecule has 220 valence electrons. The van der Waals surface area contributed by atoms with Gasteiger partial charge < -0.3 is 24.2 Å². The van der Waals surface area contributed by atoms with Gasteiger partial charge in [-0.3, -0.25) is 0 Å². The summed E-state index contributed by atoms with van der Waals surface area (Å²) in [6, 6.07) is 45.3. The Hall–Kier alpha value is -4.73. The van der Waals surface area contributed by atoms with Gasteiger partial charge in [0, 0.05) is 27.2 Å². The fraction of sp³-hybridized carbons (Fsp3) is 0.0769. The summed E-state index contributed by atoms with van der Waals surface area (Å²) in [5, 5.41) is 2.50. The van der Waals surface area contributed by atoms with Crippen LogP contribution in [0.4, 0.5) is 11.4 Å². The predicted molar refractivity (Wildman–Crippen MR) is 178 cm³/mol. The first-order valence-electron chi connectivity index (χ1n) is 14.9. The zero-order valence-electron chi connectivity index (χ0n) is 24.8. The summed E-state index contributed by atoms with van der Waals surface area (Å²) in [5.41, 5.74) is 9.44. The van der Waals surface area contributed by atoms with Crippen molar-refractivity contribution >= 4 is 33.2 Å². The van der Waals surface area contributed by atoms with Gasteiger partial charge in [-0.05, 0) is 56.1 Å². The minimum Gasteiger partial charge on any atom is -0.510 e. The Morgan fingerprint density at radius 1 is 0.600 bits per heavy atom. The van der Waals surface area contributed by atoms with Crippen LogP contribution in [0.1, 0.15) is 22.3 Å². The van der Waals surface area contributed by atoms with Crippen LogP contribution in [0.15, 0.2) is 128 Å². The number of anilines is 2. The van der Waals surface area contributed by atoms with Crippen molar-refractivity contribution in [2.45, 2.75) is 5.41 Å². The summed E-state index contributed by atoms with van der Waals surface area (Å²) in [4.78, 5) is 8.38. The Bertz CT molecular complexity index is 2150. The van der Waals surface area contributed by atoms with E-state index in [0.29, 0.717) is 0 Å². The molecular formula is C39H29N5Pt. The predicted octanol–water partition coefficient (Wildman–Crippen LogP) is 7.76. The van der Waals surface area contributed by atoms with E-state index < -0.39 is 5.41 Å². The maximum Gasteiger partial charge on any atom is 4.00 e. The second-order valence-corrected chi connectivity index (χ2v) is 11.7. The third-order valence-corrected chi connectivity index (χ3v) is 9.11. The molecule has 4 heterocycles. The van der Waals surface area contributed by atoms with E-state index in [1.54, 1.807) is 0 Å². The van der Waals surface area contributed by atoms with E-state index in [2.05, 4.69) is 178 Å². The molecule has 0 bridgehead atoms. The van der Waals surface area contributed by atoms with Crippen molar-refractivity contribution in [1.29, 1.82) is 0 Å². The summed E-state index contributed by atoms with van der Waals surface area (Å²) in [7, 11) is 4.09. The van der Waals surface area contributed by atoms with Crippen LogP contribution in [-0.2, 0) is 26.5 Å². The molecule has 3 aliphatic heterocycles. The van der Waals surface area contributed by atoms with E-state index in [9.17, 15) is 0 Å². The summed E-state index contributed by atoms with van der Waals surface area (Å²) in [6.07, 6.45) is 8.28. The van der Waals surface area contributed by atoms with Gasteiger partial charge in [-0.2, -0.15) is 43.7 Å². The molecule has 0 N–H and O–H groups in total. The molecule has 1 unspecified atom stereocenters. The molecule has 0 aliphatic carbocycles. The standard InChI is InChI=1S/C39H29N5.Pt/c1-40-20-22-42(26-40)30-13-8-12-29(24-30)39(28-10-4-3-5-11-28)34-16-9-15-33-32-14-6-7-17-36(32)44(38(33)34)37-19-18-31(25-35(37)39)43-23-21-41(2)27-43;/h3-23,26-27H,1-2H3;/q-4;+4. The first-order chi connectivity index (χ1) is 21.6. The van der Waals surface area contributed by atoms with Crippen LogP contribution in [-0.4, -0.2) is 28.5 Å². The largest absolute Gasteiger partial charge is 4.00 e. The van der Waals surface area contributed by atoms with Crippen molar-refractivity contribution in [2.75, 3.05) is 23.9 Å². The van der Waals surface area contributed by atoms with Gasteiger partial charge in [0.15, 0.2) is 0 Å². The fourth-order valence-electron chi connectivity index (χ4n) is 7.24. The van der Waals surface area contributed by atoms with Gasteiger partial charge in [-0.15, -0.1) is 34.6 Å². The summed E-state index contributed by atoms with van der Waals surface area (Å²) < 4.78 is 2.45. The number of hydrogen-bond donors (Lipinski definition) is 0. The molecule has 0 saturated carbocycles. The number of rotatable bonds is 4. The molecule has 1 atom stereocenters. The van der Waals surface area contributed by atoms with E-state index in [1.165, 1.54) is 32.9 Å². The molecule has 9 rings (SSSR count). The number of hydrogen-bond acceptors (Lipinski definition) is 4. The molecule has 0 fully saturated rings. The van der Waals surface area contributed by atoms with Gasteiger partial charge in [0.05, 0.1) is 0 Å².